The number of nitrogens with zero attached hydrogens (tertiary/aromatic N) is 4. The van der Waals surface area contributed by atoms with Crippen molar-refractivity contribution in [2.75, 3.05) is 19.6 Å². The van der Waals surface area contributed by atoms with E-state index in [2.05, 4.69) is 80.8 Å². The molecule has 2 aromatic carbocycles. The highest BCUT2D eigenvalue weighted by Crippen LogP contribution is 2.30. The van der Waals surface area contributed by atoms with Crippen LogP contribution in [0, 0.1) is 0 Å². The van der Waals surface area contributed by atoms with Crippen molar-refractivity contribution in [3.05, 3.63) is 72.1 Å². The van der Waals surface area contributed by atoms with Crippen LogP contribution in [-0.4, -0.2) is 44.5 Å². The molecule has 1 atom stereocenters. The second-order valence-corrected chi connectivity index (χ2v) is 8.39. The molecule has 0 radical (unpaired) electrons. The van der Waals surface area contributed by atoms with Crippen molar-refractivity contribution < 1.29 is 0 Å². The first-order chi connectivity index (χ1) is 13.2. The molecule has 6 heteroatoms. The minimum absolute atomic E-state index is 0.451. The molecule has 1 aromatic heterocycles. The van der Waals surface area contributed by atoms with Crippen LogP contribution in [0.15, 0.2) is 71.5 Å². The number of benzene rings is 2. The van der Waals surface area contributed by atoms with Gasteiger partial charge in [0.15, 0.2) is 0 Å². The summed E-state index contributed by atoms with van der Waals surface area (Å²) < 4.78 is 6.40. The van der Waals surface area contributed by atoms with Gasteiger partial charge in [-0.3, -0.25) is 0 Å². The van der Waals surface area contributed by atoms with Crippen LogP contribution in [0.3, 0.4) is 0 Å². The van der Waals surface area contributed by atoms with Crippen molar-refractivity contribution in [1.29, 1.82) is 0 Å². The van der Waals surface area contributed by atoms with Gasteiger partial charge >= 0.3 is 0 Å². The summed E-state index contributed by atoms with van der Waals surface area (Å²) in [7, 11) is 0. The van der Waals surface area contributed by atoms with Gasteiger partial charge in [-0.2, -0.15) is 0 Å². The van der Waals surface area contributed by atoms with Crippen molar-refractivity contribution in [2.24, 2.45) is 0 Å². The first-order valence-electron chi connectivity index (χ1n) is 9.02. The van der Waals surface area contributed by atoms with Crippen LogP contribution in [0.5, 0.6) is 0 Å². The van der Waals surface area contributed by atoms with Gasteiger partial charge in [0.1, 0.15) is 5.69 Å². The molecule has 138 valence electrons. The number of piperazine rings is 1. The maximum atomic E-state index is 4.32. The zero-order valence-corrected chi connectivity index (χ0v) is 16.9. The number of aromatic nitrogens is 2. The number of hydrogen-bond acceptors (Lipinski definition) is 6. The van der Waals surface area contributed by atoms with Crippen LogP contribution in [0.4, 0.5) is 0 Å². The van der Waals surface area contributed by atoms with E-state index in [4.69, 9.17) is 0 Å². The van der Waals surface area contributed by atoms with Gasteiger partial charge in [0.2, 0.25) is 0 Å². The highest BCUT2D eigenvalue weighted by atomic mass is 32.2. The molecule has 2 heterocycles. The molecule has 0 amide bonds. The molecular weight excluding hydrogens is 372 g/mol. The van der Waals surface area contributed by atoms with Crippen molar-refractivity contribution in [1.82, 2.24) is 18.8 Å². The fraction of sp³-hybridized carbons (Fsp3) is 0.238. The Bertz CT molecular complexity index is 878. The molecule has 0 spiro atoms. The smallest absolute Gasteiger partial charge is 0.105 e. The lowest BCUT2D eigenvalue weighted by molar-refractivity contribution is 0.210. The Hall–Kier alpha value is -2.15. The highest BCUT2D eigenvalue weighted by Gasteiger charge is 2.25. The molecule has 4 nitrogen and oxygen atoms in total. The van der Waals surface area contributed by atoms with E-state index in [-0.39, 0.29) is 0 Å². The fourth-order valence-corrected chi connectivity index (χ4v) is 4.66. The quantitative estimate of drug-likeness (QED) is 0.575. The van der Waals surface area contributed by atoms with Crippen molar-refractivity contribution >= 4 is 29.2 Å². The normalized spacial score (nSPS) is 17.8. The van der Waals surface area contributed by atoms with Gasteiger partial charge in [0, 0.05) is 47.2 Å². The Kier molecular flexibility index (Phi) is 5.57. The van der Waals surface area contributed by atoms with E-state index < -0.39 is 0 Å². The van der Waals surface area contributed by atoms with Gasteiger partial charge in [-0.05, 0) is 48.1 Å². The molecular formula is C21H22N4S2. The van der Waals surface area contributed by atoms with Gasteiger partial charge < -0.3 is 4.90 Å². The van der Waals surface area contributed by atoms with E-state index >= 15 is 0 Å². The second kappa shape index (κ2) is 8.25. The van der Waals surface area contributed by atoms with Crippen molar-refractivity contribution in [3.8, 4) is 11.3 Å². The zero-order chi connectivity index (χ0) is 18.6. The first kappa shape index (κ1) is 18.2. The van der Waals surface area contributed by atoms with Crippen LogP contribution in [0.1, 0.15) is 12.5 Å². The molecule has 1 aliphatic heterocycles. The standard InChI is InChI=1S/C21H22N4S2/c1-16-14-24(17(2)18-6-4-3-5-7-18)12-13-25(16)27-20-10-8-19(9-11-20)21-15-26-23-22-21/h3-11,15-16H,2,12-14H2,1H3. The molecule has 0 aliphatic carbocycles. The Morgan fingerprint density at radius 1 is 1.11 bits per heavy atom. The van der Waals surface area contributed by atoms with Crippen LogP contribution < -0.4 is 0 Å². The van der Waals surface area contributed by atoms with E-state index in [0.29, 0.717) is 6.04 Å². The summed E-state index contributed by atoms with van der Waals surface area (Å²) in [5.41, 5.74) is 4.38. The Morgan fingerprint density at radius 3 is 2.56 bits per heavy atom. The van der Waals surface area contributed by atoms with Crippen LogP contribution in [0.25, 0.3) is 17.0 Å². The molecule has 1 fully saturated rings. The lowest BCUT2D eigenvalue weighted by atomic mass is 10.1. The van der Waals surface area contributed by atoms with E-state index in [9.17, 15) is 0 Å². The summed E-state index contributed by atoms with van der Waals surface area (Å²) in [5, 5.41) is 6.11. The maximum absolute atomic E-state index is 4.32. The van der Waals surface area contributed by atoms with E-state index in [1.165, 1.54) is 22.0 Å². The predicted octanol–water partition coefficient (Wildman–Crippen LogP) is 4.89. The maximum Gasteiger partial charge on any atom is 0.105 e. The van der Waals surface area contributed by atoms with Crippen LogP contribution in [0.2, 0.25) is 0 Å². The summed E-state index contributed by atoms with van der Waals surface area (Å²) in [6.07, 6.45) is 0. The van der Waals surface area contributed by atoms with Crippen LogP contribution >= 0.6 is 23.5 Å². The lowest BCUT2D eigenvalue weighted by Gasteiger charge is -2.41. The zero-order valence-electron chi connectivity index (χ0n) is 15.3. The molecule has 27 heavy (non-hydrogen) atoms. The Balaban J connectivity index is 1.37. The largest absolute Gasteiger partial charge is 0.369 e. The predicted molar refractivity (Wildman–Crippen MR) is 114 cm³/mol. The Morgan fingerprint density at radius 2 is 1.89 bits per heavy atom. The molecule has 1 saturated heterocycles. The second-order valence-electron chi connectivity index (χ2n) is 6.65. The van der Waals surface area contributed by atoms with Gasteiger partial charge in [-0.25, -0.2) is 4.31 Å². The average Bonchev–Trinajstić information content (AvgIpc) is 3.25. The average molecular weight is 395 g/mol. The first-order valence-corrected chi connectivity index (χ1v) is 10.6. The van der Waals surface area contributed by atoms with Crippen LogP contribution in [-0.2, 0) is 0 Å². The van der Waals surface area contributed by atoms with E-state index in [1.54, 1.807) is 0 Å². The molecule has 0 saturated carbocycles. The molecule has 1 unspecified atom stereocenters. The third kappa shape index (κ3) is 4.24. The summed E-state index contributed by atoms with van der Waals surface area (Å²) in [6.45, 7) is 9.59. The van der Waals surface area contributed by atoms with Gasteiger partial charge in [-0.15, -0.1) is 5.10 Å². The Labute approximate surface area is 168 Å². The van der Waals surface area contributed by atoms with Gasteiger partial charge in [0.25, 0.3) is 0 Å². The monoisotopic (exact) mass is 394 g/mol. The van der Waals surface area contributed by atoms with Crippen molar-refractivity contribution in [2.45, 2.75) is 17.9 Å². The third-order valence-electron chi connectivity index (χ3n) is 4.79. The topological polar surface area (TPSA) is 32.3 Å². The SMILES string of the molecule is C=C(c1ccccc1)N1CCN(Sc2ccc(-c3csnn3)cc2)C(C)C1. The third-order valence-corrected chi connectivity index (χ3v) is 6.55. The summed E-state index contributed by atoms with van der Waals surface area (Å²) in [4.78, 5) is 3.65. The summed E-state index contributed by atoms with van der Waals surface area (Å²) in [5.74, 6) is 0. The minimum Gasteiger partial charge on any atom is -0.369 e. The molecule has 1 aliphatic rings. The highest BCUT2D eigenvalue weighted by molar-refractivity contribution is 7.97. The number of hydrogen-bond donors (Lipinski definition) is 0. The summed E-state index contributed by atoms with van der Waals surface area (Å²) >= 11 is 3.21. The van der Waals surface area contributed by atoms with Gasteiger partial charge in [-0.1, -0.05) is 53.5 Å². The van der Waals surface area contributed by atoms with E-state index in [0.717, 1.165) is 36.6 Å². The fourth-order valence-electron chi connectivity index (χ4n) is 3.25. The molecule has 3 aromatic rings. The molecule has 0 N–H and O–H groups in total. The minimum atomic E-state index is 0.451. The summed E-state index contributed by atoms with van der Waals surface area (Å²) in [6, 6.07) is 19.5. The van der Waals surface area contributed by atoms with Gasteiger partial charge in [0.05, 0.1) is 0 Å². The number of rotatable bonds is 5. The van der Waals surface area contributed by atoms with E-state index in [1.807, 2.05) is 23.4 Å². The lowest BCUT2D eigenvalue weighted by Crippen LogP contribution is -2.47. The molecule has 0 bridgehead atoms. The van der Waals surface area contributed by atoms with Crippen molar-refractivity contribution in [3.63, 3.8) is 0 Å². The molecule has 4 rings (SSSR count).